The van der Waals surface area contributed by atoms with Gasteiger partial charge < -0.3 is 5.73 Å². The molecule has 0 heterocycles. The average molecular weight is 232 g/mol. The molecule has 0 spiro atoms. The molecule has 2 atom stereocenters. The van der Waals surface area contributed by atoms with E-state index in [0.29, 0.717) is 10.6 Å². The largest absolute Gasteiger partial charge is 0.318 e. The Kier molecular flexibility index (Phi) is 10.3. The molecule has 0 rings (SSSR count). The summed E-state index contributed by atoms with van der Waals surface area (Å²) in [4.78, 5) is 0. The van der Waals surface area contributed by atoms with E-state index in [1.165, 1.54) is 0 Å². The van der Waals surface area contributed by atoms with Crippen molar-refractivity contribution in [1.29, 1.82) is 0 Å². The van der Waals surface area contributed by atoms with Crippen LogP contribution in [-0.2, 0) is 0 Å². The number of hydrogen-bond donors (Lipinski definition) is 1. The molecule has 0 saturated carbocycles. The number of nitrogens with two attached hydrogens (primary N) is 1. The first-order valence-corrected chi connectivity index (χ1v) is 5.11. The van der Waals surface area contributed by atoms with Crippen LogP contribution in [0.25, 0.3) is 0 Å². The van der Waals surface area contributed by atoms with Crippen LogP contribution in [0.1, 0.15) is 6.92 Å². The van der Waals surface area contributed by atoms with Crippen LogP contribution in [0.15, 0.2) is 0 Å². The van der Waals surface area contributed by atoms with Crippen molar-refractivity contribution in [3.8, 4) is 0 Å². The lowest BCUT2D eigenvalue weighted by Crippen LogP contribution is -2.25. The molecule has 0 aromatic carbocycles. The maximum absolute atomic E-state index is 5.67. The van der Waals surface area contributed by atoms with Crippen molar-refractivity contribution >= 4 is 40.5 Å². The molecular weight excluding hydrogens is 218 g/mol. The van der Waals surface area contributed by atoms with E-state index in [2.05, 4.69) is 13.2 Å². The van der Waals surface area contributed by atoms with Crippen molar-refractivity contribution in [2.45, 2.75) is 17.5 Å². The molecule has 0 saturated heterocycles. The fourth-order valence-electron chi connectivity index (χ4n) is 0.326. The standard InChI is InChI=1S/C5H13NS2.BrH/c1-4(7-2)5(6)8-3;/h4-5H,6H2,1-3H3;1H. The molecule has 0 bridgehead atoms. The Morgan fingerprint density at radius 2 is 1.67 bits per heavy atom. The van der Waals surface area contributed by atoms with E-state index in [-0.39, 0.29) is 17.0 Å². The first-order valence-electron chi connectivity index (χ1n) is 2.53. The third kappa shape index (κ3) is 5.58. The van der Waals surface area contributed by atoms with Gasteiger partial charge in [0.25, 0.3) is 0 Å². The van der Waals surface area contributed by atoms with E-state index >= 15 is 0 Å². The summed E-state index contributed by atoms with van der Waals surface area (Å²) in [6.45, 7) is 2.14. The SMILES string of the molecule is Br.CSC(C)C(N)SC. The summed E-state index contributed by atoms with van der Waals surface area (Å²) in [5.41, 5.74) is 5.67. The fourth-order valence-corrected chi connectivity index (χ4v) is 1.64. The summed E-state index contributed by atoms with van der Waals surface area (Å²) in [6, 6.07) is 0. The molecule has 2 unspecified atom stereocenters. The number of hydrogen-bond acceptors (Lipinski definition) is 3. The zero-order valence-corrected chi connectivity index (χ0v) is 9.30. The minimum Gasteiger partial charge on any atom is -0.318 e. The van der Waals surface area contributed by atoms with E-state index in [1.54, 1.807) is 11.8 Å². The van der Waals surface area contributed by atoms with Gasteiger partial charge in [0, 0.05) is 5.25 Å². The molecule has 2 N–H and O–H groups in total. The molecular formula is C5H14BrNS2. The van der Waals surface area contributed by atoms with Crippen LogP contribution in [0.5, 0.6) is 0 Å². The first kappa shape index (κ1) is 12.8. The van der Waals surface area contributed by atoms with Crippen LogP contribution < -0.4 is 5.73 Å². The van der Waals surface area contributed by atoms with Crippen molar-refractivity contribution in [3.63, 3.8) is 0 Å². The minimum absolute atomic E-state index is 0. The summed E-state index contributed by atoms with van der Waals surface area (Å²) >= 11 is 3.53. The summed E-state index contributed by atoms with van der Waals surface area (Å²) in [5.74, 6) is 0. The van der Waals surface area contributed by atoms with Crippen molar-refractivity contribution in [3.05, 3.63) is 0 Å². The van der Waals surface area contributed by atoms with E-state index in [0.717, 1.165) is 0 Å². The van der Waals surface area contributed by atoms with Crippen LogP contribution in [0, 0.1) is 0 Å². The lowest BCUT2D eigenvalue weighted by Gasteiger charge is -2.13. The highest BCUT2D eigenvalue weighted by atomic mass is 79.9. The summed E-state index contributed by atoms with van der Waals surface area (Å²) in [7, 11) is 0. The summed E-state index contributed by atoms with van der Waals surface area (Å²) in [6.07, 6.45) is 4.12. The first-order chi connectivity index (χ1) is 3.72. The predicted octanol–water partition coefficient (Wildman–Crippen LogP) is 1.96. The maximum atomic E-state index is 5.67. The second-order valence-electron chi connectivity index (χ2n) is 1.64. The minimum atomic E-state index is 0. The Hall–Kier alpha value is 1.14. The van der Waals surface area contributed by atoms with E-state index in [1.807, 2.05) is 18.0 Å². The molecule has 9 heavy (non-hydrogen) atoms. The van der Waals surface area contributed by atoms with Crippen molar-refractivity contribution in [2.24, 2.45) is 5.73 Å². The molecule has 0 fully saturated rings. The Morgan fingerprint density at radius 3 is 1.78 bits per heavy atom. The van der Waals surface area contributed by atoms with Crippen molar-refractivity contribution < 1.29 is 0 Å². The third-order valence-corrected chi connectivity index (χ3v) is 3.27. The topological polar surface area (TPSA) is 26.0 Å². The Balaban J connectivity index is 0. The van der Waals surface area contributed by atoms with Gasteiger partial charge >= 0.3 is 0 Å². The van der Waals surface area contributed by atoms with E-state index < -0.39 is 0 Å². The smallest absolute Gasteiger partial charge is 0.0621 e. The molecule has 0 aliphatic carbocycles. The highest BCUT2D eigenvalue weighted by Crippen LogP contribution is 2.15. The van der Waals surface area contributed by atoms with Gasteiger partial charge in [-0.3, -0.25) is 0 Å². The second-order valence-corrected chi connectivity index (χ2v) is 3.87. The van der Waals surface area contributed by atoms with Crippen molar-refractivity contribution in [2.75, 3.05) is 12.5 Å². The highest BCUT2D eigenvalue weighted by molar-refractivity contribution is 8.93. The zero-order valence-electron chi connectivity index (χ0n) is 5.96. The molecule has 4 heteroatoms. The van der Waals surface area contributed by atoms with Crippen LogP contribution >= 0.6 is 40.5 Å². The molecule has 0 amide bonds. The van der Waals surface area contributed by atoms with Gasteiger partial charge in [0.2, 0.25) is 0 Å². The van der Waals surface area contributed by atoms with Gasteiger partial charge in [-0.05, 0) is 12.5 Å². The van der Waals surface area contributed by atoms with Crippen LogP contribution in [0.2, 0.25) is 0 Å². The quantitative estimate of drug-likeness (QED) is 0.753. The van der Waals surface area contributed by atoms with E-state index in [4.69, 9.17) is 5.73 Å². The average Bonchev–Trinajstić information content (AvgIpc) is 1.84. The lowest BCUT2D eigenvalue weighted by molar-refractivity contribution is 0.893. The van der Waals surface area contributed by atoms with Gasteiger partial charge in [-0.1, -0.05) is 6.92 Å². The Morgan fingerprint density at radius 1 is 1.22 bits per heavy atom. The highest BCUT2D eigenvalue weighted by Gasteiger charge is 2.07. The van der Waals surface area contributed by atoms with Gasteiger partial charge in [-0.25, -0.2) is 0 Å². The predicted molar refractivity (Wildman–Crippen MR) is 54.8 cm³/mol. The van der Waals surface area contributed by atoms with Crippen LogP contribution in [0.3, 0.4) is 0 Å². The van der Waals surface area contributed by atoms with Crippen LogP contribution in [0.4, 0.5) is 0 Å². The van der Waals surface area contributed by atoms with Gasteiger partial charge in [-0.2, -0.15) is 11.8 Å². The molecule has 0 aliphatic heterocycles. The normalized spacial score (nSPS) is 16.0. The number of rotatable bonds is 3. The molecule has 0 radical (unpaired) electrons. The number of halogens is 1. The van der Waals surface area contributed by atoms with Crippen molar-refractivity contribution in [1.82, 2.24) is 0 Å². The zero-order chi connectivity index (χ0) is 6.57. The molecule has 0 aromatic heterocycles. The molecule has 58 valence electrons. The van der Waals surface area contributed by atoms with Crippen LogP contribution in [-0.4, -0.2) is 23.1 Å². The number of thioether (sulfide) groups is 2. The van der Waals surface area contributed by atoms with Gasteiger partial charge in [0.1, 0.15) is 0 Å². The second kappa shape index (κ2) is 7.25. The fraction of sp³-hybridized carbons (Fsp3) is 1.00. The van der Waals surface area contributed by atoms with Gasteiger partial charge in [0.15, 0.2) is 0 Å². The van der Waals surface area contributed by atoms with E-state index in [9.17, 15) is 0 Å². The van der Waals surface area contributed by atoms with Gasteiger partial charge in [-0.15, -0.1) is 28.7 Å². The lowest BCUT2D eigenvalue weighted by atomic mass is 10.5. The summed E-state index contributed by atoms with van der Waals surface area (Å²) in [5, 5.41) is 0.870. The third-order valence-electron chi connectivity index (χ3n) is 1.11. The maximum Gasteiger partial charge on any atom is 0.0621 e. The molecule has 1 nitrogen and oxygen atoms in total. The van der Waals surface area contributed by atoms with Gasteiger partial charge in [0.05, 0.1) is 5.37 Å². The Bertz CT molecular complexity index is 54.9. The molecule has 0 aromatic rings. The Labute approximate surface area is 76.3 Å². The molecule has 0 aliphatic rings. The monoisotopic (exact) mass is 231 g/mol. The summed E-state index contributed by atoms with van der Waals surface area (Å²) < 4.78 is 0.